The summed E-state index contributed by atoms with van der Waals surface area (Å²) in [6.07, 6.45) is 0.802. The first-order valence-electron chi connectivity index (χ1n) is 6.95. The average molecular weight is 318 g/mol. The number of phenolic OH excluding ortho intramolecular Hbond substituents is 1. The molecule has 0 bridgehead atoms. The molecule has 0 radical (unpaired) electrons. The molecule has 0 fully saturated rings. The van der Waals surface area contributed by atoms with Gasteiger partial charge < -0.3 is 9.90 Å². The molecule has 4 nitrogen and oxygen atoms in total. The Hall–Kier alpha value is -2.14. The summed E-state index contributed by atoms with van der Waals surface area (Å²) in [5.41, 5.74) is 1.36. The van der Waals surface area contributed by atoms with Crippen molar-refractivity contribution >= 4 is 16.1 Å². The number of sulfone groups is 1. The zero-order chi connectivity index (χ0) is 16.2. The molecule has 0 aliphatic heterocycles. The molecular formula is C17H18O4S. The molecule has 1 N–H and O–H groups in total. The van der Waals surface area contributed by atoms with Crippen molar-refractivity contribution in [1.82, 2.24) is 0 Å². The van der Waals surface area contributed by atoms with E-state index in [4.69, 9.17) is 0 Å². The molecule has 2 aromatic carbocycles. The largest absolute Gasteiger partial charge is 0.508 e. The maximum atomic E-state index is 12.5. The third-order valence-corrected chi connectivity index (χ3v) is 5.44. The molecule has 0 amide bonds. The molecule has 0 aliphatic carbocycles. The number of aldehydes is 1. The van der Waals surface area contributed by atoms with Crippen molar-refractivity contribution < 1.29 is 18.3 Å². The Balaban J connectivity index is 2.33. The van der Waals surface area contributed by atoms with Gasteiger partial charge in [-0.15, -0.1) is 0 Å². The minimum atomic E-state index is -3.49. The second-order valence-corrected chi connectivity index (χ2v) is 7.27. The van der Waals surface area contributed by atoms with Crippen LogP contribution < -0.4 is 0 Å². The van der Waals surface area contributed by atoms with Gasteiger partial charge in [-0.2, -0.15) is 0 Å². The maximum absolute atomic E-state index is 12.5. The number of aromatic hydroxyl groups is 1. The molecular weight excluding hydrogens is 300 g/mol. The van der Waals surface area contributed by atoms with Crippen LogP contribution in [0.15, 0.2) is 53.4 Å². The van der Waals surface area contributed by atoms with Crippen molar-refractivity contribution in [2.24, 2.45) is 0 Å². The Labute approximate surface area is 130 Å². The molecule has 22 heavy (non-hydrogen) atoms. The summed E-state index contributed by atoms with van der Waals surface area (Å²) in [7, 11) is -3.49. The fraction of sp³-hybridized carbons (Fsp3) is 0.235. The molecule has 0 aliphatic rings. The quantitative estimate of drug-likeness (QED) is 0.831. The molecule has 1 unspecified atom stereocenters. The molecule has 0 aromatic heterocycles. The van der Waals surface area contributed by atoms with Crippen LogP contribution in [0, 0.1) is 6.92 Å². The number of benzene rings is 2. The molecule has 0 saturated carbocycles. The van der Waals surface area contributed by atoms with Gasteiger partial charge in [-0.05, 0) is 36.2 Å². The topological polar surface area (TPSA) is 71.4 Å². The highest BCUT2D eigenvalue weighted by molar-refractivity contribution is 7.91. The minimum Gasteiger partial charge on any atom is -0.508 e. The van der Waals surface area contributed by atoms with Crippen LogP contribution in [0.2, 0.25) is 0 Å². The van der Waals surface area contributed by atoms with Crippen molar-refractivity contribution in [3.63, 3.8) is 0 Å². The van der Waals surface area contributed by atoms with Gasteiger partial charge in [0.2, 0.25) is 0 Å². The molecule has 1 atom stereocenters. The maximum Gasteiger partial charge on any atom is 0.178 e. The lowest BCUT2D eigenvalue weighted by Gasteiger charge is -2.16. The third-order valence-electron chi connectivity index (χ3n) is 3.61. The van der Waals surface area contributed by atoms with Crippen LogP contribution in [0.25, 0.3) is 0 Å². The van der Waals surface area contributed by atoms with Gasteiger partial charge in [-0.25, -0.2) is 8.42 Å². The summed E-state index contributed by atoms with van der Waals surface area (Å²) < 4.78 is 24.9. The van der Waals surface area contributed by atoms with Gasteiger partial charge in [-0.3, -0.25) is 0 Å². The lowest BCUT2D eigenvalue weighted by molar-refractivity contribution is -0.108. The van der Waals surface area contributed by atoms with E-state index in [0.717, 1.165) is 0 Å². The lowest BCUT2D eigenvalue weighted by Crippen LogP contribution is -2.15. The van der Waals surface area contributed by atoms with Crippen LogP contribution in [-0.4, -0.2) is 25.6 Å². The van der Waals surface area contributed by atoms with E-state index < -0.39 is 15.8 Å². The molecule has 0 saturated heterocycles. The predicted molar refractivity (Wildman–Crippen MR) is 84.8 cm³/mol. The highest BCUT2D eigenvalue weighted by atomic mass is 32.2. The highest BCUT2D eigenvalue weighted by Gasteiger charge is 2.22. The Morgan fingerprint density at radius 3 is 2.41 bits per heavy atom. The monoisotopic (exact) mass is 318 g/mol. The van der Waals surface area contributed by atoms with E-state index in [9.17, 15) is 18.3 Å². The third kappa shape index (κ3) is 3.74. The van der Waals surface area contributed by atoms with Crippen molar-refractivity contribution in [3.8, 4) is 5.75 Å². The zero-order valence-corrected chi connectivity index (χ0v) is 13.1. The second kappa shape index (κ2) is 6.75. The lowest BCUT2D eigenvalue weighted by atomic mass is 9.97. The normalized spacial score (nSPS) is 12.8. The Morgan fingerprint density at radius 2 is 1.82 bits per heavy atom. The van der Waals surface area contributed by atoms with E-state index >= 15 is 0 Å². The number of carbonyl (C=O) groups excluding carboxylic acids is 1. The molecule has 5 heteroatoms. The van der Waals surface area contributed by atoms with Crippen LogP contribution in [0.5, 0.6) is 5.75 Å². The van der Waals surface area contributed by atoms with Gasteiger partial charge in [-0.1, -0.05) is 30.3 Å². The summed E-state index contributed by atoms with van der Waals surface area (Å²) >= 11 is 0. The number of aryl methyl sites for hydroxylation is 1. The Kier molecular flexibility index (Phi) is 4.98. The van der Waals surface area contributed by atoms with Crippen LogP contribution in [0.3, 0.4) is 0 Å². The molecule has 2 aromatic rings. The summed E-state index contributed by atoms with van der Waals surface area (Å²) in [6, 6.07) is 13.2. The smallest absolute Gasteiger partial charge is 0.178 e. The highest BCUT2D eigenvalue weighted by Crippen LogP contribution is 2.28. The van der Waals surface area contributed by atoms with Crippen molar-refractivity contribution in [2.45, 2.75) is 24.2 Å². The fourth-order valence-electron chi connectivity index (χ4n) is 2.29. The van der Waals surface area contributed by atoms with Gasteiger partial charge in [0.25, 0.3) is 0 Å². The van der Waals surface area contributed by atoms with E-state index in [1.807, 2.05) is 0 Å². The number of hydrogen-bond donors (Lipinski definition) is 1. The van der Waals surface area contributed by atoms with Crippen LogP contribution in [0.4, 0.5) is 0 Å². The van der Waals surface area contributed by atoms with Gasteiger partial charge in [0.1, 0.15) is 12.0 Å². The SMILES string of the molecule is Cc1ccc(C(CC=O)CS(=O)(=O)c2ccccc2)cc1O. The first kappa shape index (κ1) is 16.2. The number of carbonyl (C=O) groups is 1. The molecule has 0 heterocycles. The van der Waals surface area contributed by atoms with Crippen LogP contribution >= 0.6 is 0 Å². The molecule has 0 spiro atoms. The van der Waals surface area contributed by atoms with E-state index in [2.05, 4.69) is 0 Å². The van der Waals surface area contributed by atoms with Crippen molar-refractivity contribution in [3.05, 3.63) is 59.7 Å². The van der Waals surface area contributed by atoms with Gasteiger partial charge in [0, 0.05) is 12.3 Å². The minimum absolute atomic E-state index is 0.0918. The Morgan fingerprint density at radius 1 is 1.14 bits per heavy atom. The van der Waals surface area contributed by atoms with E-state index in [-0.39, 0.29) is 22.8 Å². The summed E-state index contributed by atoms with van der Waals surface area (Å²) in [5, 5.41) is 9.79. The predicted octanol–water partition coefficient (Wildman–Crippen LogP) is 2.85. The van der Waals surface area contributed by atoms with E-state index in [1.54, 1.807) is 49.4 Å². The second-order valence-electron chi connectivity index (χ2n) is 5.24. The van der Waals surface area contributed by atoms with Gasteiger partial charge >= 0.3 is 0 Å². The number of rotatable bonds is 6. The first-order chi connectivity index (χ1) is 10.4. The van der Waals surface area contributed by atoms with E-state index in [0.29, 0.717) is 17.4 Å². The zero-order valence-electron chi connectivity index (χ0n) is 12.3. The molecule has 116 valence electrons. The van der Waals surface area contributed by atoms with Crippen molar-refractivity contribution in [1.29, 1.82) is 0 Å². The summed E-state index contributed by atoms with van der Waals surface area (Å²) in [5.74, 6) is -0.544. The number of hydrogen-bond acceptors (Lipinski definition) is 4. The fourth-order valence-corrected chi connectivity index (χ4v) is 3.91. The summed E-state index contributed by atoms with van der Waals surface area (Å²) in [4.78, 5) is 11.1. The van der Waals surface area contributed by atoms with E-state index in [1.165, 1.54) is 6.07 Å². The van der Waals surface area contributed by atoms with Crippen LogP contribution in [-0.2, 0) is 14.6 Å². The first-order valence-corrected chi connectivity index (χ1v) is 8.60. The standard InChI is InChI=1S/C17H18O4S/c1-13-7-8-14(11-17(13)19)15(9-10-18)12-22(20,21)16-5-3-2-4-6-16/h2-8,10-11,15,19H,9,12H2,1H3. The summed E-state index contributed by atoms with van der Waals surface area (Å²) in [6.45, 7) is 1.76. The molecule has 2 rings (SSSR count). The Bertz CT molecular complexity index is 751. The average Bonchev–Trinajstić information content (AvgIpc) is 2.50. The van der Waals surface area contributed by atoms with Crippen molar-refractivity contribution in [2.75, 3.05) is 5.75 Å². The number of phenols is 1. The van der Waals surface area contributed by atoms with Gasteiger partial charge in [0.15, 0.2) is 9.84 Å². The van der Waals surface area contributed by atoms with Gasteiger partial charge in [0.05, 0.1) is 10.6 Å². The van der Waals surface area contributed by atoms with Crippen LogP contribution in [0.1, 0.15) is 23.5 Å².